The van der Waals surface area contributed by atoms with E-state index in [0.717, 1.165) is 11.1 Å². The number of hydrogen-bond acceptors (Lipinski definition) is 6. The minimum Gasteiger partial charge on any atom is -0.394 e. The summed E-state index contributed by atoms with van der Waals surface area (Å²) < 4.78 is 2.27. The van der Waals surface area contributed by atoms with Crippen LogP contribution in [-0.2, 0) is 12.0 Å². The molecule has 0 aliphatic heterocycles. The van der Waals surface area contributed by atoms with Crippen LogP contribution in [0.2, 0.25) is 0 Å². The highest BCUT2D eigenvalue weighted by Gasteiger charge is 2.28. The van der Waals surface area contributed by atoms with Crippen LogP contribution >= 0.6 is 11.3 Å². The maximum Gasteiger partial charge on any atom is 0.273 e. The molecule has 2 aromatic carbocycles. The average Bonchev–Trinajstić information content (AvgIpc) is 3.38. The van der Waals surface area contributed by atoms with Gasteiger partial charge >= 0.3 is 0 Å². The molecule has 0 saturated heterocycles. The number of aryl methyl sites for hydroxylation is 1. The summed E-state index contributed by atoms with van der Waals surface area (Å²) in [6.07, 6.45) is 0.493. The molecule has 0 radical (unpaired) electrons. The summed E-state index contributed by atoms with van der Waals surface area (Å²) in [5.74, 6) is -0.668. The van der Waals surface area contributed by atoms with Crippen LogP contribution in [0.1, 0.15) is 52.7 Å². The van der Waals surface area contributed by atoms with Gasteiger partial charge in [-0.25, -0.2) is 4.68 Å². The smallest absolute Gasteiger partial charge is 0.273 e. The second-order valence-electron chi connectivity index (χ2n) is 9.47. The number of anilines is 1. The zero-order chi connectivity index (χ0) is 25.2. The van der Waals surface area contributed by atoms with Gasteiger partial charge in [0, 0.05) is 5.56 Å². The lowest BCUT2D eigenvalue weighted by Crippen LogP contribution is -2.39. The molecule has 4 aromatic rings. The molecule has 8 nitrogen and oxygen atoms in total. The topological polar surface area (TPSA) is 109 Å². The summed E-state index contributed by atoms with van der Waals surface area (Å²) in [5, 5.41) is 20.5. The Labute approximate surface area is 208 Å². The molecule has 182 valence electrons. The molecule has 0 saturated carbocycles. The summed E-state index contributed by atoms with van der Waals surface area (Å²) in [7, 11) is 0. The van der Waals surface area contributed by atoms with Gasteiger partial charge in [-0.1, -0.05) is 59.4 Å². The van der Waals surface area contributed by atoms with Gasteiger partial charge in [0.2, 0.25) is 0 Å². The molecule has 0 aliphatic rings. The van der Waals surface area contributed by atoms with Gasteiger partial charge in [-0.15, -0.1) is 0 Å². The molecule has 9 heteroatoms. The molecular weight excluding hydrogens is 462 g/mol. The van der Waals surface area contributed by atoms with Crippen molar-refractivity contribution >= 4 is 38.6 Å². The highest BCUT2D eigenvalue weighted by molar-refractivity contribution is 7.22. The van der Waals surface area contributed by atoms with Crippen molar-refractivity contribution in [3.05, 3.63) is 77.0 Å². The van der Waals surface area contributed by atoms with Gasteiger partial charge in [0.1, 0.15) is 4.70 Å². The number of fused-ring (bicyclic) bond motifs is 1. The Balaban J connectivity index is 1.61. The van der Waals surface area contributed by atoms with Gasteiger partial charge in [0.05, 0.1) is 18.2 Å². The van der Waals surface area contributed by atoms with E-state index in [1.165, 1.54) is 11.3 Å². The molecule has 2 aromatic heterocycles. The SMILES string of the molecule is Cc1ccc(C(=O)Nc2nc3c(s2)c(C(=O)N[C@@H](CO)Cc2ccccc2)nn3C(C)(C)C)cc1. The molecule has 0 unspecified atom stereocenters. The highest BCUT2D eigenvalue weighted by atomic mass is 32.1. The second kappa shape index (κ2) is 9.97. The number of aromatic nitrogens is 3. The lowest BCUT2D eigenvalue weighted by molar-refractivity contribution is 0.0911. The standard InChI is InChI=1S/C26H29N5O3S/c1-16-10-12-18(13-11-16)23(33)29-25-28-22-21(35-25)20(30-31(22)26(2,3)4)24(34)27-19(15-32)14-17-8-6-5-7-9-17/h5-13,19,32H,14-15H2,1-4H3,(H,27,34)(H,28,29,33)/t19-/m1/s1. The minimum atomic E-state index is -0.464. The maximum atomic E-state index is 13.2. The largest absolute Gasteiger partial charge is 0.394 e. The predicted octanol–water partition coefficient (Wildman–Crippen LogP) is 4.14. The van der Waals surface area contributed by atoms with E-state index in [2.05, 4.69) is 20.7 Å². The third-order valence-corrected chi connectivity index (χ3v) is 6.46. The Kier molecular flexibility index (Phi) is 7.00. The first kappa shape index (κ1) is 24.6. The van der Waals surface area contributed by atoms with E-state index in [4.69, 9.17) is 0 Å². The van der Waals surface area contributed by atoms with E-state index in [9.17, 15) is 14.7 Å². The molecule has 1 atom stereocenters. The summed E-state index contributed by atoms with van der Waals surface area (Å²) in [6, 6.07) is 16.5. The van der Waals surface area contributed by atoms with Gasteiger partial charge in [-0.2, -0.15) is 10.1 Å². The lowest BCUT2D eigenvalue weighted by Gasteiger charge is -2.19. The number of carbonyl (C=O) groups is 2. The number of thiazole rings is 1. The average molecular weight is 492 g/mol. The van der Waals surface area contributed by atoms with Crippen molar-refractivity contribution in [3.8, 4) is 0 Å². The second-order valence-corrected chi connectivity index (χ2v) is 10.5. The molecule has 3 N–H and O–H groups in total. The third-order valence-electron chi connectivity index (χ3n) is 5.49. The van der Waals surface area contributed by atoms with Crippen molar-refractivity contribution in [2.45, 2.75) is 45.7 Å². The number of carbonyl (C=O) groups excluding carboxylic acids is 2. The number of nitrogens with one attached hydrogen (secondary N) is 2. The van der Waals surface area contributed by atoms with Gasteiger partial charge in [0.25, 0.3) is 11.8 Å². The summed E-state index contributed by atoms with van der Waals surface area (Å²) in [5.41, 5.74) is 2.90. The fourth-order valence-corrected chi connectivity index (χ4v) is 4.58. The molecule has 0 spiro atoms. The molecule has 35 heavy (non-hydrogen) atoms. The molecule has 0 bridgehead atoms. The fourth-order valence-electron chi connectivity index (χ4n) is 3.66. The van der Waals surface area contributed by atoms with Crippen LogP contribution in [0.25, 0.3) is 10.3 Å². The predicted molar refractivity (Wildman–Crippen MR) is 138 cm³/mol. The van der Waals surface area contributed by atoms with Crippen LogP contribution in [0.3, 0.4) is 0 Å². The van der Waals surface area contributed by atoms with Crippen molar-refractivity contribution in [2.75, 3.05) is 11.9 Å². The molecular formula is C26H29N5O3S. The van der Waals surface area contributed by atoms with Crippen LogP contribution in [0.4, 0.5) is 5.13 Å². The van der Waals surface area contributed by atoms with E-state index < -0.39 is 17.5 Å². The molecule has 0 fully saturated rings. The van der Waals surface area contributed by atoms with E-state index in [1.807, 2.05) is 70.2 Å². The van der Waals surface area contributed by atoms with Gasteiger partial charge in [-0.3, -0.25) is 14.9 Å². The normalized spacial score (nSPS) is 12.5. The van der Waals surface area contributed by atoms with Gasteiger partial charge < -0.3 is 10.4 Å². The van der Waals surface area contributed by atoms with Crippen molar-refractivity contribution < 1.29 is 14.7 Å². The Bertz CT molecular complexity index is 1340. The Morgan fingerprint density at radius 3 is 2.37 bits per heavy atom. The zero-order valence-electron chi connectivity index (χ0n) is 20.2. The lowest BCUT2D eigenvalue weighted by atomic mass is 10.1. The van der Waals surface area contributed by atoms with E-state index in [-0.39, 0.29) is 18.2 Å². The number of rotatable bonds is 7. The number of benzene rings is 2. The third kappa shape index (κ3) is 5.58. The number of aliphatic hydroxyl groups excluding tert-OH is 1. The van der Waals surface area contributed by atoms with E-state index >= 15 is 0 Å². The zero-order valence-corrected chi connectivity index (χ0v) is 21.0. The van der Waals surface area contributed by atoms with Crippen LogP contribution in [0.5, 0.6) is 0 Å². The highest BCUT2D eigenvalue weighted by Crippen LogP contribution is 2.32. The van der Waals surface area contributed by atoms with E-state index in [0.29, 0.717) is 27.5 Å². The van der Waals surface area contributed by atoms with Crippen molar-refractivity contribution in [2.24, 2.45) is 0 Å². The fraction of sp³-hybridized carbons (Fsp3) is 0.308. The quantitative estimate of drug-likeness (QED) is 0.360. The first-order valence-corrected chi connectivity index (χ1v) is 12.2. The maximum absolute atomic E-state index is 13.2. The molecule has 0 aliphatic carbocycles. The Morgan fingerprint density at radius 2 is 1.74 bits per heavy atom. The molecule has 2 heterocycles. The first-order chi connectivity index (χ1) is 16.7. The monoisotopic (exact) mass is 491 g/mol. The van der Waals surface area contributed by atoms with Crippen LogP contribution < -0.4 is 10.6 Å². The molecule has 2 amide bonds. The van der Waals surface area contributed by atoms with Crippen molar-refractivity contribution in [3.63, 3.8) is 0 Å². The first-order valence-electron chi connectivity index (χ1n) is 11.4. The summed E-state index contributed by atoms with van der Waals surface area (Å²) >= 11 is 1.20. The van der Waals surface area contributed by atoms with Crippen LogP contribution in [-0.4, -0.2) is 44.3 Å². The van der Waals surface area contributed by atoms with E-state index in [1.54, 1.807) is 16.8 Å². The summed E-state index contributed by atoms with van der Waals surface area (Å²) in [4.78, 5) is 30.5. The van der Waals surface area contributed by atoms with Crippen molar-refractivity contribution in [1.29, 1.82) is 0 Å². The van der Waals surface area contributed by atoms with Crippen LogP contribution in [0, 0.1) is 6.92 Å². The van der Waals surface area contributed by atoms with Gasteiger partial charge in [-0.05, 0) is 51.8 Å². The number of hydrogen-bond donors (Lipinski definition) is 3. The van der Waals surface area contributed by atoms with Crippen LogP contribution in [0.15, 0.2) is 54.6 Å². The Morgan fingerprint density at radius 1 is 1.06 bits per heavy atom. The number of aliphatic hydroxyl groups is 1. The van der Waals surface area contributed by atoms with Crippen molar-refractivity contribution in [1.82, 2.24) is 20.1 Å². The number of nitrogens with zero attached hydrogens (tertiary/aromatic N) is 3. The number of amides is 2. The van der Waals surface area contributed by atoms with Gasteiger partial charge in [0.15, 0.2) is 16.5 Å². The summed E-state index contributed by atoms with van der Waals surface area (Å²) in [6.45, 7) is 7.66. The Hall–Kier alpha value is -3.56. The minimum absolute atomic E-state index is 0.204. The molecule has 4 rings (SSSR count).